The number of ether oxygens (including phenoxy) is 1. The van der Waals surface area contributed by atoms with E-state index in [4.69, 9.17) is 27.9 Å². The van der Waals surface area contributed by atoms with Crippen LogP contribution in [0.2, 0.25) is 10.0 Å². The zero-order valence-corrected chi connectivity index (χ0v) is 20.1. The Hall–Kier alpha value is -2.65. The Morgan fingerprint density at radius 3 is 2.39 bits per heavy atom. The second-order valence-electron chi connectivity index (χ2n) is 7.05. The van der Waals surface area contributed by atoms with Crippen molar-refractivity contribution in [2.24, 2.45) is 0 Å². The highest BCUT2D eigenvalue weighted by Gasteiger charge is 2.23. The van der Waals surface area contributed by atoms with E-state index in [2.05, 4.69) is 5.32 Å². The zero-order valence-electron chi connectivity index (χ0n) is 17.8. The molecule has 0 aliphatic heterocycles. The number of nitrogens with zero attached hydrogens (tertiary/aromatic N) is 1. The molecule has 0 unspecified atom stereocenters. The average Bonchev–Trinajstić information content (AvgIpc) is 2.77. The van der Waals surface area contributed by atoms with Gasteiger partial charge in [0.05, 0.1) is 16.5 Å². The van der Waals surface area contributed by atoms with Crippen molar-refractivity contribution < 1.29 is 22.3 Å². The van der Waals surface area contributed by atoms with Crippen LogP contribution >= 0.6 is 23.2 Å². The highest BCUT2D eigenvalue weighted by molar-refractivity contribution is 7.89. The van der Waals surface area contributed by atoms with Crippen LogP contribution in [-0.2, 0) is 16.6 Å². The van der Waals surface area contributed by atoms with Gasteiger partial charge in [0.15, 0.2) is 0 Å². The molecular weight excluding hydrogens is 490 g/mol. The summed E-state index contributed by atoms with van der Waals surface area (Å²) in [6.45, 7) is 2.13. The summed E-state index contributed by atoms with van der Waals surface area (Å²) < 4.78 is 46.1. The number of halogens is 3. The van der Waals surface area contributed by atoms with E-state index < -0.39 is 21.7 Å². The number of benzene rings is 3. The number of amides is 1. The van der Waals surface area contributed by atoms with E-state index in [1.807, 2.05) is 0 Å². The van der Waals surface area contributed by atoms with Crippen LogP contribution in [-0.4, -0.2) is 32.3 Å². The van der Waals surface area contributed by atoms with E-state index in [0.717, 1.165) is 10.4 Å². The summed E-state index contributed by atoms with van der Waals surface area (Å²) in [4.78, 5) is 12.8. The molecule has 6 nitrogen and oxygen atoms in total. The van der Waals surface area contributed by atoms with Gasteiger partial charge in [-0.05, 0) is 67.6 Å². The van der Waals surface area contributed by atoms with Crippen LogP contribution in [0.15, 0.2) is 65.6 Å². The van der Waals surface area contributed by atoms with Crippen molar-refractivity contribution in [3.05, 3.63) is 87.7 Å². The predicted octanol–water partition coefficient (Wildman–Crippen LogP) is 5.60. The summed E-state index contributed by atoms with van der Waals surface area (Å²) in [6.07, 6.45) is 0. The first-order valence-electron chi connectivity index (χ1n) is 9.86. The van der Waals surface area contributed by atoms with Crippen LogP contribution in [0.1, 0.15) is 22.8 Å². The summed E-state index contributed by atoms with van der Waals surface area (Å²) in [6, 6.07) is 14.4. The maximum absolute atomic E-state index is 13.4. The fourth-order valence-electron chi connectivity index (χ4n) is 3.03. The standard InChI is InChI=1S/C23H21Cl2FN2O4S/c1-3-32-22-11-4-15(23(29)27-18-7-10-21(26)20(25)13-18)12-16(22)14-28(2)33(30,31)19-8-5-17(24)6-9-19/h4-13H,3,14H2,1-2H3,(H,27,29). The van der Waals surface area contributed by atoms with E-state index >= 15 is 0 Å². The van der Waals surface area contributed by atoms with Gasteiger partial charge in [-0.2, -0.15) is 4.31 Å². The van der Waals surface area contributed by atoms with Crippen LogP contribution < -0.4 is 10.1 Å². The molecule has 0 saturated heterocycles. The van der Waals surface area contributed by atoms with E-state index in [1.54, 1.807) is 25.1 Å². The summed E-state index contributed by atoms with van der Waals surface area (Å²) in [5, 5.41) is 2.96. The van der Waals surface area contributed by atoms with Crippen molar-refractivity contribution in [1.82, 2.24) is 4.31 Å². The van der Waals surface area contributed by atoms with Crippen molar-refractivity contribution in [3.63, 3.8) is 0 Å². The van der Waals surface area contributed by atoms with Gasteiger partial charge in [0.2, 0.25) is 10.0 Å². The lowest BCUT2D eigenvalue weighted by Crippen LogP contribution is -2.27. The smallest absolute Gasteiger partial charge is 0.255 e. The van der Waals surface area contributed by atoms with Crippen molar-refractivity contribution in [3.8, 4) is 5.75 Å². The minimum Gasteiger partial charge on any atom is -0.494 e. The Kier molecular flexibility index (Phi) is 7.97. The molecule has 1 amide bonds. The third-order valence-corrected chi connectivity index (χ3v) is 7.07. The predicted molar refractivity (Wildman–Crippen MR) is 127 cm³/mol. The van der Waals surface area contributed by atoms with Gasteiger partial charge in [-0.3, -0.25) is 4.79 Å². The molecule has 1 N–H and O–H groups in total. The molecule has 3 aromatic carbocycles. The molecule has 174 valence electrons. The number of anilines is 1. The number of nitrogens with one attached hydrogen (secondary N) is 1. The van der Waals surface area contributed by atoms with Crippen LogP contribution in [0.25, 0.3) is 0 Å². The average molecular weight is 511 g/mol. The minimum atomic E-state index is -3.81. The molecule has 3 rings (SSSR count). The molecule has 0 radical (unpaired) electrons. The molecule has 0 bridgehead atoms. The normalized spacial score (nSPS) is 11.5. The summed E-state index contributed by atoms with van der Waals surface area (Å²) >= 11 is 11.6. The van der Waals surface area contributed by atoms with Crippen molar-refractivity contribution in [1.29, 1.82) is 0 Å². The number of hydrogen-bond acceptors (Lipinski definition) is 4. The van der Waals surface area contributed by atoms with Crippen molar-refractivity contribution in [2.75, 3.05) is 19.0 Å². The van der Waals surface area contributed by atoms with Gasteiger partial charge < -0.3 is 10.1 Å². The van der Waals surface area contributed by atoms with E-state index in [-0.39, 0.29) is 22.0 Å². The largest absolute Gasteiger partial charge is 0.494 e. The Bertz CT molecular complexity index is 1270. The highest BCUT2D eigenvalue weighted by atomic mass is 35.5. The van der Waals surface area contributed by atoms with Crippen molar-refractivity contribution in [2.45, 2.75) is 18.4 Å². The van der Waals surface area contributed by atoms with Gasteiger partial charge >= 0.3 is 0 Å². The summed E-state index contributed by atoms with van der Waals surface area (Å²) in [5.74, 6) is -0.606. The summed E-state index contributed by atoms with van der Waals surface area (Å²) in [5.41, 5.74) is 1.09. The third-order valence-electron chi connectivity index (χ3n) is 4.71. The fraction of sp³-hybridized carbons (Fsp3) is 0.174. The molecule has 0 aliphatic rings. The Morgan fingerprint density at radius 1 is 1.06 bits per heavy atom. The Morgan fingerprint density at radius 2 is 1.76 bits per heavy atom. The number of carbonyl (C=O) groups excluding carboxylic acids is 1. The molecule has 0 saturated carbocycles. The number of sulfonamides is 1. The molecule has 33 heavy (non-hydrogen) atoms. The van der Waals surface area contributed by atoms with Crippen LogP contribution in [0.5, 0.6) is 5.75 Å². The van der Waals surface area contributed by atoms with Gasteiger partial charge in [0.1, 0.15) is 11.6 Å². The number of rotatable bonds is 8. The first-order chi connectivity index (χ1) is 15.6. The van der Waals surface area contributed by atoms with Gasteiger partial charge in [0.25, 0.3) is 5.91 Å². The molecule has 10 heteroatoms. The lowest BCUT2D eigenvalue weighted by molar-refractivity contribution is 0.102. The van der Waals surface area contributed by atoms with Crippen LogP contribution in [0, 0.1) is 5.82 Å². The van der Waals surface area contributed by atoms with E-state index in [9.17, 15) is 17.6 Å². The van der Waals surface area contributed by atoms with Crippen LogP contribution in [0.4, 0.5) is 10.1 Å². The molecule has 0 aliphatic carbocycles. The quantitative estimate of drug-likeness (QED) is 0.427. The lowest BCUT2D eigenvalue weighted by Gasteiger charge is -2.20. The Labute approximate surface area is 201 Å². The molecule has 0 spiro atoms. The third kappa shape index (κ3) is 6.03. The second-order valence-corrected chi connectivity index (χ2v) is 9.94. The molecule has 0 fully saturated rings. The number of carbonyl (C=O) groups is 1. The van der Waals surface area contributed by atoms with Gasteiger partial charge in [-0.15, -0.1) is 0 Å². The number of hydrogen-bond donors (Lipinski definition) is 1. The van der Waals surface area contributed by atoms with Crippen LogP contribution in [0.3, 0.4) is 0 Å². The van der Waals surface area contributed by atoms with Gasteiger partial charge in [-0.25, -0.2) is 12.8 Å². The van der Waals surface area contributed by atoms with E-state index in [1.165, 1.54) is 43.4 Å². The monoisotopic (exact) mass is 510 g/mol. The van der Waals surface area contributed by atoms with Gasteiger partial charge in [-0.1, -0.05) is 23.2 Å². The molecule has 0 aromatic heterocycles. The van der Waals surface area contributed by atoms with E-state index in [0.29, 0.717) is 28.6 Å². The highest BCUT2D eigenvalue weighted by Crippen LogP contribution is 2.26. The van der Waals surface area contributed by atoms with Gasteiger partial charge in [0, 0.05) is 35.4 Å². The lowest BCUT2D eigenvalue weighted by atomic mass is 10.1. The summed E-state index contributed by atoms with van der Waals surface area (Å²) in [7, 11) is -2.37. The van der Waals surface area contributed by atoms with Crippen molar-refractivity contribution >= 4 is 44.8 Å². The maximum atomic E-state index is 13.4. The molecule has 3 aromatic rings. The zero-order chi connectivity index (χ0) is 24.2. The fourth-order valence-corrected chi connectivity index (χ4v) is 4.48. The maximum Gasteiger partial charge on any atom is 0.255 e. The molecule has 0 atom stereocenters. The SMILES string of the molecule is CCOc1ccc(C(=O)Nc2ccc(F)c(Cl)c2)cc1CN(C)S(=O)(=O)c1ccc(Cl)cc1. The first kappa shape index (κ1) is 25.0. The molecule has 0 heterocycles. The Balaban J connectivity index is 1.87. The second kappa shape index (κ2) is 10.5. The first-order valence-corrected chi connectivity index (χ1v) is 12.1. The topological polar surface area (TPSA) is 75.7 Å². The molecular formula is C23H21Cl2FN2O4S. The minimum absolute atomic E-state index is 0.0379.